The van der Waals surface area contributed by atoms with Crippen molar-refractivity contribution >= 4 is 40.1 Å². The first kappa shape index (κ1) is 27.7. The molecule has 2 atom stereocenters. The summed E-state index contributed by atoms with van der Waals surface area (Å²) in [5.41, 5.74) is -0.189. The fourth-order valence-corrected chi connectivity index (χ4v) is 4.91. The Kier molecular flexibility index (Phi) is 8.93. The number of rotatable bonds is 12. The molecule has 0 radical (unpaired) electrons. The average Bonchev–Trinajstić information content (AvgIpc) is 2.97. The number of carbonyl (C=O) groups is 4. The topological polar surface area (TPSA) is 192 Å². The van der Waals surface area contributed by atoms with Gasteiger partial charge in [-0.3, -0.25) is 19.3 Å². The molecule has 13 nitrogen and oxygen atoms in total. The van der Waals surface area contributed by atoms with E-state index in [1.165, 1.54) is 18.2 Å². The summed E-state index contributed by atoms with van der Waals surface area (Å²) in [6, 6.07) is 4.32. The van der Waals surface area contributed by atoms with Crippen LogP contribution in [0.2, 0.25) is 0 Å². The maximum Gasteiger partial charge on any atom is 0.328 e. The third-order valence-electron chi connectivity index (χ3n) is 5.74. The van der Waals surface area contributed by atoms with Gasteiger partial charge in [-0.2, -0.15) is 9.82 Å². The molecule has 192 valence electrons. The number of likely N-dealkylation sites (N-methyl/N-ethyl adjacent to an activating group) is 1. The van der Waals surface area contributed by atoms with Gasteiger partial charge in [-0.25, -0.2) is 13.2 Å². The number of urea groups is 1. The number of nitrogens with one attached hydrogen (secondary N) is 2. The minimum atomic E-state index is -3.86. The molecule has 35 heavy (non-hydrogen) atoms. The number of nitrogens with two attached hydrogens (primary N) is 1. The summed E-state index contributed by atoms with van der Waals surface area (Å²) in [4.78, 5) is 51.8. The normalized spacial score (nSPS) is 19.4. The highest BCUT2D eigenvalue weighted by molar-refractivity contribution is 7.89. The van der Waals surface area contributed by atoms with Crippen molar-refractivity contribution in [1.82, 2.24) is 19.8 Å². The lowest BCUT2D eigenvalue weighted by atomic mass is 9.90. The Balaban J connectivity index is 2.09. The predicted molar refractivity (Wildman–Crippen MR) is 127 cm³/mol. The maximum atomic E-state index is 13.2. The van der Waals surface area contributed by atoms with Crippen LogP contribution in [0.3, 0.4) is 0 Å². The van der Waals surface area contributed by atoms with Gasteiger partial charge in [0.2, 0.25) is 15.9 Å². The van der Waals surface area contributed by atoms with E-state index in [9.17, 15) is 32.7 Å². The summed E-state index contributed by atoms with van der Waals surface area (Å²) >= 11 is 0. The first-order valence-corrected chi connectivity index (χ1v) is 12.5. The second kappa shape index (κ2) is 11.3. The number of benzene rings is 1. The van der Waals surface area contributed by atoms with Crippen LogP contribution in [0.15, 0.2) is 29.4 Å². The average molecular weight is 511 g/mol. The van der Waals surface area contributed by atoms with E-state index in [4.69, 9.17) is 5.84 Å². The molecule has 2 rings (SSSR count). The van der Waals surface area contributed by atoms with Crippen LogP contribution in [0.25, 0.3) is 0 Å². The molecule has 1 aromatic rings. The van der Waals surface area contributed by atoms with Crippen LogP contribution in [0.1, 0.15) is 37.8 Å². The van der Waals surface area contributed by atoms with Crippen molar-refractivity contribution in [3.8, 4) is 0 Å². The number of imide groups is 1. The summed E-state index contributed by atoms with van der Waals surface area (Å²) in [7, 11) is -2.43. The summed E-state index contributed by atoms with van der Waals surface area (Å²) in [5.74, 6) is 1.95. The van der Waals surface area contributed by atoms with E-state index < -0.39 is 58.5 Å². The third-order valence-corrected chi connectivity index (χ3v) is 7.21. The standard InChI is InChI=1S/C21H30N6O7S/c1-4-5-10-35(33,34)25-16(18(29)30)12-23-17(28)13-27-19(31)21(2,26(3)20(27)32)15-8-6-14(7-9-15)11-24-22/h6-9,11,16,25H,4-5,10,12-13,22H2,1-3H3,(H,23,28)(H,29,30)/b24-11+. The van der Waals surface area contributed by atoms with Crippen molar-refractivity contribution in [2.45, 2.75) is 38.3 Å². The highest BCUT2D eigenvalue weighted by Gasteiger charge is 2.54. The van der Waals surface area contributed by atoms with Gasteiger partial charge in [0.1, 0.15) is 18.1 Å². The molecule has 0 spiro atoms. The van der Waals surface area contributed by atoms with Crippen LogP contribution in [0, 0.1) is 0 Å². The van der Waals surface area contributed by atoms with Crippen molar-refractivity contribution in [2.24, 2.45) is 10.9 Å². The van der Waals surface area contributed by atoms with Crippen LogP contribution in [0.5, 0.6) is 0 Å². The molecule has 5 N–H and O–H groups in total. The number of hydrogen-bond donors (Lipinski definition) is 4. The van der Waals surface area contributed by atoms with E-state index >= 15 is 0 Å². The molecular weight excluding hydrogens is 480 g/mol. The Hall–Kier alpha value is -3.52. The molecule has 4 amide bonds. The second-order valence-electron chi connectivity index (χ2n) is 8.19. The van der Waals surface area contributed by atoms with Gasteiger partial charge in [-0.15, -0.1) is 0 Å². The van der Waals surface area contributed by atoms with Crippen molar-refractivity contribution < 1.29 is 32.7 Å². The van der Waals surface area contributed by atoms with Gasteiger partial charge in [0, 0.05) is 13.6 Å². The Morgan fingerprint density at radius 1 is 1.26 bits per heavy atom. The molecule has 1 saturated heterocycles. The van der Waals surface area contributed by atoms with Crippen LogP contribution < -0.4 is 15.9 Å². The molecule has 1 aromatic carbocycles. The zero-order valence-electron chi connectivity index (χ0n) is 19.7. The molecule has 14 heteroatoms. The number of unbranched alkanes of at least 4 members (excludes halogenated alkanes) is 1. The molecule has 2 unspecified atom stereocenters. The van der Waals surface area contributed by atoms with Crippen molar-refractivity contribution in [1.29, 1.82) is 0 Å². The lowest BCUT2D eigenvalue weighted by Crippen LogP contribution is -2.50. The number of carboxylic acid groups (broad SMARTS) is 1. The summed E-state index contributed by atoms with van der Waals surface area (Å²) in [6.07, 6.45) is 2.37. The monoisotopic (exact) mass is 510 g/mol. The molecule has 1 aliphatic rings. The van der Waals surface area contributed by atoms with Crippen LogP contribution >= 0.6 is 0 Å². The Morgan fingerprint density at radius 2 is 1.89 bits per heavy atom. The number of amides is 4. The quantitative estimate of drug-likeness (QED) is 0.124. The molecular formula is C21H30N6O7S. The molecule has 0 aliphatic carbocycles. The third kappa shape index (κ3) is 6.33. The largest absolute Gasteiger partial charge is 0.480 e. The van der Waals surface area contributed by atoms with E-state index in [0.717, 1.165) is 4.90 Å². The number of carbonyl (C=O) groups excluding carboxylic acids is 3. The number of hydrazone groups is 1. The highest BCUT2D eigenvalue weighted by atomic mass is 32.2. The molecule has 1 heterocycles. The number of carboxylic acids is 1. The Labute approximate surface area is 203 Å². The van der Waals surface area contributed by atoms with E-state index in [2.05, 4.69) is 10.4 Å². The van der Waals surface area contributed by atoms with Gasteiger partial charge in [0.25, 0.3) is 5.91 Å². The molecule has 0 bridgehead atoms. The van der Waals surface area contributed by atoms with Crippen molar-refractivity contribution in [2.75, 3.05) is 25.9 Å². The van der Waals surface area contributed by atoms with E-state index in [1.807, 2.05) is 4.72 Å². The van der Waals surface area contributed by atoms with Gasteiger partial charge < -0.3 is 21.2 Å². The lowest BCUT2D eigenvalue weighted by molar-refractivity contribution is -0.139. The van der Waals surface area contributed by atoms with Gasteiger partial charge >= 0.3 is 12.0 Å². The zero-order chi connectivity index (χ0) is 26.4. The number of nitrogens with zero attached hydrogens (tertiary/aromatic N) is 3. The molecule has 0 saturated carbocycles. The van der Waals surface area contributed by atoms with E-state index in [-0.39, 0.29) is 5.75 Å². The molecule has 1 aliphatic heterocycles. The Morgan fingerprint density at radius 3 is 2.43 bits per heavy atom. The van der Waals surface area contributed by atoms with Gasteiger partial charge in [-0.05, 0) is 24.5 Å². The SMILES string of the molecule is CCCCS(=O)(=O)NC(CNC(=O)CN1C(=O)N(C)C(C)(c2ccc(/C=N/N)cc2)C1=O)C(=O)O. The first-order valence-electron chi connectivity index (χ1n) is 10.8. The van der Waals surface area contributed by atoms with Crippen molar-refractivity contribution in [3.63, 3.8) is 0 Å². The second-order valence-corrected chi connectivity index (χ2v) is 10.1. The minimum absolute atomic E-state index is 0.247. The summed E-state index contributed by atoms with van der Waals surface area (Å²) in [6.45, 7) is 2.11. The molecule has 0 aromatic heterocycles. The summed E-state index contributed by atoms with van der Waals surface area (Å²) < 4.78 is 26.1. The minimum Gasteiger partial charge on any atom is -0.480 e. The smallest absolute Gasteiger partial charge is 0.328 e. The first-order chi connectivity index (χ1) is 16.4. The van der Waals surface area contributed by atoms with Crippen LogP contribution in [0.4, 0.5) is 4.79 Å². The number of sulfonamides is 1. The van der Waals surface area contributed by atoms with Gasteiger partial charge in [0.05, 0.1) is 12.0 Å². The fourth-order valence-electron chi connectivity index (χ4n) is 3.51. The number of hydrogen-bond acceptors (Lipinski definition) is 8. The van der Waals surface area contributed by atoms with Crippen LogP contribution in [-0.2, 0) is 29.9 Å². The van der Waals surface area contributed by atoms with Crippen LogP contribution in [-0.4, -0.2) is 85.3 Å². The molecule has 1 fully saturated rings. The highest BCUT2D eigenvalue weighted by Crippen LogP contribution is 2.35. The fraction of sp³-hybridized carbons (Fsp3) is 0.476. The van der Waals surface area contributed by atoms with Crippen molar-refractivity contribution in [3.05, 3.63) is 35.4 Å². The lowest BCUT2D eigenvalue weighted by Gasteiger charge is -2.29. The zero-order valence-corrected chi connectivity index (χ0v) is 20.5. The Bertz CT molecular complexity index is 1110. The van der Waals surface area contributed by atoms with E-state index in [1.54, 1.807) is 38.1 Å². The van der Waals surface area contributed by atoms with Gasteiger partial charge in [0.15, 0.2) is 0 Å². The van der Waals surface area contributed by atoms with E-state index in [0.29, 0.717) is 24.0 Å². The predicted octanol–water partition coefficient (Wildman–Crippen LogP) is -0.623. The number of aliphatic carboxylic acids is 1. The maximum absolute atomic E-state index is 13.2. The summed E-state index contributed by atoms with van der Waals surface area (Å²) in [5, 5.41) is 15.0. The van der Waals surface area contributed by atoms with Gasteiger partial charge in [-0.1, -0.05) is 37.6 Å².